The van der Waals surface area contributed by atoms with E-state index in [2.05, 4.69) is 34.7 Å². The van der Waals surface area contributed by atoms with Crippen LogP contribution in [0.25, 0.3) is 0 Å². The molecule has 0 radical (unpaired) electrons. The zero-order chi connectivity index (χ0) is 35.3. The zero-order valence-electron chi connectivity index (χ0n) is 29.9. The fourth-order valence-corrected chi connectivity index (χ4v) is 5.26. The Balaban J connectivity index is 1.33. The molecule has 1 unspecified atom stereocenters. The molecule has 0 aliphatic heterocycles. The molecule has 3 aromatic carbocycles. The van der Waals surface area contributed by atoms with Crippen LogP contribution in [-0.2, 0) is 27.1 Å². The number of aryl methyl sites for hydroxylation is 1. The fourth-order valence-electron chi connectivity index (χ4n) is 5.26. The molecular formula is C40H56N4O5. The number of ether oxygens (including phenoxy) is 2. The van der Waals surface area contributed by atoms with Crippen molar-refractivity contribution in [3.05, 3.63) is 95.1 Å². The van der Waals surface area contributed by atoms with Crippen LogP contribution in [-0.4, -0.2) is 62.4 Å². The number of anilines is 2. The van der Waals surface area contributed by atoms with Gasteiger partial charge < -0.3 is 25.0 Å². The molecule has 266 valence electrons. The van der Waals surface area contributed by atoms with Crippen LogP contribution in [0, 0.1) is 12.8 Å². The van der Waals surface area contributed by atoms with Gasteiger partial charge in [-0.2, -0.15) is 0 Å². The van der Waals surface area contributed by atoms with Gasteiger partial charge in [-0.25, -0.2) is 9.59 Å². The summed E-state index contributed by atoms with van der Waals surface area (Å²) in [5.74, 6) is -0.140. The highest BCUT2D eigenvalue weighted by Crippen LogP contribution is 2.17. The number of nitrogens with one attached hydrogen (secondary N) is 3. The lowest BCUT2D eigenvalue weighted by molar-refractivity contribution is -0.144. The predicted molar refractivity (Wildman–Crippen MR) is 198 cm³/mol. The Morgan fingerprint density at radius 3 is 1.86 bits per heavy atom. The molecule has 3 rings (SSSR count). The lowest BCUT2D eigenvalue weighted by Gasteiger charge is -2.22. The van der Waals surface area contributed by atoms with Gasteiger partial charge in [-0.3, -0.25) is 10.1 Å². The van der Waals surface area contributed by atoms with Gasteiger partial charge in [0.1, 0.15) is 0 Å². The second-order valence-corrected chi connectivity index (χ2v) is 12.7. The molecular weight excluding hydrogens is 616 g/mol. The molecule has 3 N–H and O–H groups in total. The van der Waals surface area contributed by atoms with Crippen LogP contribution >= 0.6 is 0 Å². The Bertz CT molecular complexity index is 1390. The SMILES string of the molecule is CCCCN(CCCC)CCNC(=O)Nc1ccc(Cc2ccc(NC(=O)OCCC(CC)COC(=O)Cc3ccc(C)cc3)cc2)cc1. The van der Waals surface area contributed by atoms with E-state index in [1.165, 1.54) is 25.7 Å². The molecule has 0 fully saturated rings. The Morgan fingerprint density at radius 2 is 1.29 bits per heavy atom. The molecule has 0 aliphatic carbocycles. The maximum atomic E-state index is 12.4. The van der Waals surface area contributed by atoms with Crippen LogP contribution in [0.3, 0.4) is 0 Å². The Labute approximate surface area is 293 Å². The zero-order valence-corrected chi connectivity index (χ0v) is 29.9. The predicted octanol–water partition coefficient (Wildman–Crippen LogP) is 8.36. The van der Waals surface area contributed by atoms with E-state index < -0.39 is 6.09 Å². The van der Waals surface area contributed by atoms with E-state index >= 15 is 0 Å². The van der Waals surface area contributed by atoms with E-state index in [0.717, 1.165) is 60.4 Å². The summed E-state index contributed by atoms with van der Waals surface area (Å²) in [6, 6.07) is 23.1. The molecule has 0 aromatic heterocycles. The van der Waals surface area contributed by atoms with Gasteiger partial charge in [0.15, 0.2) is 0 Å². The van der Waals surface area contributed by atoms with Crippen molar-refractivity contribution in [3.8, 4) is 0 Å². The number of esters is 1. The second kappa shape index (κ2) is 22.3. The van der Waals surface area contributed by atoms with Crippen molar-refractivity contribution >= 4 is 29.5 Å². The van der Waals surface area contributed by atoms with Crippen molar-refractivity contribution < 1.29 is 23.9 Å². The molecule has 1 atom stereocenters. The van der Waals surface area contributed by atoms with Gasteiger partial charge in [0.05, 0.1) is 19.6 Å². The first kappa shape index (κ1) is 39.1. The molecule has 0 saturated carbocycles. The van der Waals surface area contributed by atoms with Crippen LogP contribution in [0.2, 0.25) is 0 Å². The minimum atomic E-state index is -0.517. The Hall–Kier alpha value is -4.37. The van der Waals surface area contributed by atoms with Crippen molar-refractivity contribution in [2.24, 2.45) is 5.92 Å². The average Bonchev–Trinajstić information content (AvgIpc) is 3.10. The monoisotopic (exact) mass is 672 g/mol. The number of benzene rings is 3. The molecule has 0 spiro atoms. The molecule has 3 amide bonds. The van der Waals surface area contributed by atoms with Crippen molar-refractivity contribution in [1.29, 1.82) is 0 Å². The number of carbonyl (C=O) groups excluding carboxylic acids is 3. The first-order valence-corrected chi connectivity index (χ1v) is 17.9. The van der Waals surface area contributed by atoms with E-state index in [1.54, 1.807) is 0 Å². The topological polar surface area (TPSA) is 109 Å². The minimum Gasteiger partial charge on any atom is -0.465 e. The summed E-state index contributed by atoms with van der Waals surface area (Å²) in [7, 11) is 0. The smallest absolute Gasteiger partial charge is 0.411 e. The number of unbranched alkanes of at least 4 members (excludes halogenated alkanes) is 2. The largest absolute Gasteiger partial charge is 0.465 e. The summed E-state index contributed by atoms with van der Waals surface area (Å²) < 4.78 is 10.9. The number of urea groups is 1. The number of amides is 3. The van der Waals surface area contributed by atoms with Gasteiger partial charge in [0.2, 0.25) is 0 Å². The molecule has 9 heteroatoms. The van der Waals surface area contributed by atoms with Gasteiger partial charge in [0.25, 0.3) is 0 Å². The maximum absolute atomic E-state index is 12.4. The number of hydrogen-bond donors (Lipinski definition) is 3. The van der Waals surface area contributed by atoms with Crippen LogP contribution < -0.4 is 16.0 Å². The minimum absolute atomic E-state index is 0.114. The third-order valence-electron chi connectivity index (χ3n) is 8.48. The molecule has 9 nitrogen and oxygen atoms in total. The highest BCUT2D eigenvalue weighted by Gasteiger charge is 2.13. The summed E-state index contributed by atoms with van der Waals surface area (Å²) >= 11 is 0. The third-order valence-corrected chi connectivity index (χ3v) is 8.48. The van der Waals surface area contributed by atoms with Crippen LogP contribution in [0.1, 0.15) is 81.5 Å². The van der Waals surface area contributed by atoms with E-state index in [0.29, 0.717) is 25.3 Å². The summed E-state index contributed by atoms with van der Waals surface area (Å²) in [5.41, 5.74) is 5.68. The number of nitrogens with zero attached hydrogens (tertiary/aromatic N) is 1. The first-order valence-electron chi connectivity index (χ1n) is 17.9. The molecule has 0 aliphatic rings. The van der Waals surface area contributed by atoms with Crippen LogP contribution in [0.15, 0.2) is 72.8 Å². The summed E-state index contributed by atoms with van der Waals surface area (Å²) in [5, 5.41) is 8.67. The van der Waals surface area contributed by atoms with Crippen LogP contribution in [0.5, 0.6) is 0 Å². The van der Waals surface area contributed by atoms with E-state index in [-0.39, 0.29) is 30.9 Å². The van der Waals surface area contributed by atoms with Crippen molar-refractivity contribution in [2.75, 3.05) is 50.0 Å². The van der Waals surface area contributed by atoms with Gasteiger partial charge in [0, 0.05) is 24.5 Å². The number of rotatable bonds is 21. The lowest BCUT2D eigenvalue weighted by Crippen LogP contribution is -2.37. The van der Waals surface area contributed by atoms with Crippen molar-refractivity contribution in [2.45, 2.75) is 79.1 Å². The van der Waals surface area contributed by atoms with Gasteiger partial charge in [-0.15, -0.1) is 0 Å². The summed E-state index contributed by atoms with van der Waals surface area (Å²) in [6.45, 7) is 12.6. The second-order valence-electron chi connectivity index (χ2n) is 12.7. The van der Waals surface area contributed by atoms with Gasteiger partial charge in [-0.1, -0.05) is 87.7 Å². The normalized spacial score (nSPS) is 11.5. The van der Waals surface area contributed by atoms with Crippen molar-refractivity contribution in [3.63, 3.8) is 0 Å². The Morgan fingerprint density at radius 1 is 0.714 bits per heavy atom. The number of hydrogen-bond acceptors (Lipinski definition) is 6. The lowest BCUT2D eigenvalue weighted by atomic mass is 10.0. The van der Waals surface area contributed by atoms with Crippen LogP contribution in [0.4, 0.5) is 21.0 Å². The van der Waals surface area contributed by atoms with Gasteiger partial charge >= 0.3 is 18.1 Å². The van der Waals surface area contributed by atoms with E-state index in [9.17, 15) is 14.4 Å². The third kappa shape index (κ3) is 16.1. The standard InChI is InChI=1S/C40H56N4O5/c1-5-8-24-44(25-9-6-2)26-23-41-39(46)42-36-18-14-33(15-19-36)28-34-16-20-37(21-17-34)43-40(47)48-27-22-32(7-3)30-49-38(45)29-35-12-10-31(4)11-13-35/h10-21,32H,5-9,22-30H2,1-4H3,(H,43,47)(H2,41,42,46). The fraction of sp³-hybridized carbons (Fsp3) is 0.475. The highest BCUT2D eigenvalue weighted by atomic mass is 16.5. The average molecular weight is 673 g/mol. The molecule has 3 aromatic rings. The first-order chi connectivity index (χ1) is 23.8. The molecule has 0 saturated heterocycles. The number of carbonyl (C=O) groups is 3. The highest BCUT2D eigenvalue weighted by molar-refractivity contribution is 5.89. The van der Waals surface area contributed by atoms with Crippen molar-refractivity contribution in [1.82, 2.24) is 10.2 Å². The maximum Gasteiger partial charge on any atom is 0.411 e. The quantitative estimate of drug-likeness (QED) is 0.0982. The summed E-state index contributed by atoms with van der Waals surface area (Å²) in [6.07, 6.45) is 6.57. The summed E-state index contributed by atoms with van der Waals surface area (Å²) in [4.78, 5) is 39.4. The molecule has 0 bridgehead atoms. The molecule has 0 heterocycles. The molecule has 49 heavy (non-hydrogen) atoms. The van der Waals surface area contributed by atoms with Gasteiger partial charge in [-0.05, 0) is 99.0 Å². The van der Waals surface area contributed by atoms with E-state index in [4.69, 9.17) is 9.47 Å². The van der Waals surface area contributed by atoms with E-state index in [1.807, 2.05) is 86.6 Å². The Kier molecular flexibility index (Phi) is 17.8.